The molecule has 1 aromatic rings. The van der Waals surface area contributed by atoms with E-state index in [4.69, 9.17) is 16.5 Å². The van der Waals surface area contributed by atoms with Crippen molar-refractivity contribution in [3.8, 4) is 5.75 Å². The fourth-order valence-corrected chi connectivity index (χ4v) is 2.00. The summed E-state index contributed by atoms with van der Waals surface area (Å²) >= 11 is 6.05. The Kier molecular flexibility index (Phi) is 2.37. The van der Waals surface area contributed by atoms with Crippen molar-refractivity contribution >= 4 is 11.8 Å². The highest BCUT2D eigenvalue weighted by Gasteiger charge is 2.28. The summed E-state index contributed by atoms with van der Waals surface area (Å²) in [5.41, 5.74) is 0.629. The molecular formula is C10H13ClN2O. The second-order valence-electron chi connectivity index (χ2n) is 4.09. The van der Waals surface area contributed by atoms with Crippen LogP contribution in [0.1, 0.15) is 19.5 Å². The molecule has 0 atom stereocenters. The minimum atomic E-state index is -0.268. The lowest BCUT2D eigenvalue weighted by molar-refractivity contribution is 0.0964. The average molecular weight is 213 g/mol. The van der Waals surface area contributed by atoms with Gasteiger partial charge < -0.3 is 4.74 Å². The van der Waals surface area contributed by atoms with Crippen LogP contribution in [0, 0.1) is 0 Å². The van der Waals surface area contributed by atoms with Crippen molar-refractivity contribution in [1.29, 1.82) is 0 Å². The van der Waals surface area contributed by atoms with Crippen LogP contribution >= 0.6 is 11.8 Å². The molecule has 2 heterocycles. The maximum Gasteiger partial charge on any atom is 0.143 e. The van der Waals surface area contributed by atoms with Crippen LogP contribution in [-0.2, 0) is 6.54 Å². The molecule has 1 aliphatic rings. The summed E-state index contributed by atoms with van der Waals surface area (Å²) in [5, 5.41) is 0. The minimum Gasteiger partial charge on any atom is -0.485 e. The van der Waals surface area contributed by atoms with Gasteiger partial charge in [-0.1, -0.05) is 0 Å². The molecule has 0 bridgehead atoms. The van der Waals surface area contributed by atoms with Crippen molar-refractivity contribution in [3.05, 3.63) is 24.0 Å². The van der Waals surface area contributed by atoms with Gasteiger partial charge in [-0.2, -0.15) is 0 Å². The summed E-state index contributed by atoms with van der Waals surface area (Å²) in [7, 11) is 0. The standard InChI is InChI=1S/C10H13ClN2O/c1-10(2)7-13(11)6-8-9(14-10)4-3-5-12-8/h3-5H,6-7H2,1-2H3. The zero-order valence-electron chi connectivity index (χ0n) is 8.33. The third kappa shape index (κ3) is 1.99. The fraction of sp³-hybridized carbons (Fsp3) is 0.500. The normalized spacial score (nSPS) is 20.8. The van der Waals surface area contributed by atoms with Gasteiger partial charge in [0.05, 0.1) is 18.8 Å². The van der Waals surface area contributed by atoms with Gasteiger partial charge in [0.2, 0.25) is 0 Å². The third-order valence-electron chi connectivity index (χ3n) is 2.11. The molecule has 0 spiro atoms. The monoisotopic (exact) mass is 212 g/mol. The summed E-state index contributed by atoms with van der Waals surface area (Å²) in [4.78, 5) is 4.24. The molecule has 0 saturated heterocycles. The Hall–Kier alpha value is -0.800. The van der Waals surface area contributed by atoms with Crippen LogP contribution in [0.5, 0.6) is 5.75 Å². The van der Waals surface area contributed by atoms with E-state index < -0.39 is 0 Å². The largest absolute Gasteiger partial charge is 0.485 e. The Morgan fingerprint density at radius 2 is 2.36 bits per heavy atom. The number of hydrogen-bond donors (Lipinski definition) is 0. The van der Waals surface area contributed by atoms with E-state index in [1.807, 2.05) is 26.0 Å². The predicted octanol–water partition coefficient (Wildman–Crippen LogP) is 2.21. The van der Waals surface area contributed by atoms with E-state index in [-0.39, 0.29) is 5.60 Å². The number of halogens is 1. The molecule has 4 heteroatoms. The first-order valence-electron chi connectivity index (χ1n) is 4.60. The quantitative estimate of drug-likeness (QED) is 0.617. The van der Waals surface area contributed by atoms with Crippen molar-refractivity contribution in [2.45, 2.75) is 26.0 Å². The van der Waals surface area contributed by atoms with Gasteiger partial charge in [-0.25, -0.2) is 4.42 Å². The van der Waals surface area contributed by atoms with Crippen molar-refractivity contribution in [1.82, 2.24) is 9.40 Å². The van der Waals surface area contributed by atoms with Crippen molar-refractivity contribution in [2.75, 3.05) is 6.54 Å². The zero-order valence-corrected chi connectivity index (χ0v) is 9.08. The summed E-state index contributed by atoms with van der Waals surface area (Å²) in [6, 6.07) is 3.80. The Balaban J connectivity index is 2.37. The van der Waals surface area contributed by atoms with Crippen LogP contribution in [0.25, 0.3) is 0 Å². The van der Waals surface area contributed by atoms with Gasteiger partial charge in [-0.05, 0) is 37.8 Å². The van der Waals surface area contributed by atoms with E-state index in [1.54, 1.807) is 10.6 Å². The molecule has 2 rings (SSSR count). The summed E-state index contributed by atoms with van der Waals surface area (Å²) in [6.45, 7) is 5.35. The number of fused-ring (bicyclic) bond motifs is 1. The van der Waals surface area contributed by atoms with Crippen LogP contribution in [0.15, 0.2) is 18.3 Å². The van der Waals surface area contributed by atoms with Gasteiger partial charge in [0.1, 0.15) is 11.4 Å². The molecule has 76 valence electrons. The maximum atomic E-state index is 6.05. The van der Waals surface area contributed by atoms with E-state index in [9.17, 15) is 0 Å². The highest BCUT2D eigenvalue weighted by Crippen LogP contribution is 2.28. The first-order valence-corrected chi connectivity index (χ1v) is 4.94. The molecule has 3 nitrogen and oxygen atoms in total. The Labute approximate surface area is 88.8 Å². The Morgan fingerprint density at radius 1 is 1.57 bits per heavy atom. The van der Waals surface area contributed by atoms with Gasteiger partial charge in [-0.15, -0.1) is 0 Å². The first-order chi connectivity index (χ1) is 6.57. The minimum absolute atomic E-state index is 0.268. The summed E-state index contributed by atoms with van der Waals surface area (Å²) in [6.07, 6.45) is 1.76. The number of hydrogen-bond acceptors (Lipinski definition) is 3. The summed E-state index contributed by atoms with van der Waals surface area (Å²) in [5.74, 6) is 0.834. The maximum absolute atomic E-state index is 6.05. The van der Waals surface area contributed by atoms with E-state index in [2.05, 4.69) is 4.98 Å². The first kappa shape index (κ1) is 9.74. The van der Waals surface area contributed by atoms with Gasteiger partial charge in [0.15, 0.2) is 0 Å². The molecule has 0 unspecified atom stereocenters. The van der Waals surface area contributed by atoms with E-state index in [0.29, 0.717) is 13.1 Å². The van der Waals surface area contributed by atoms with E-state index in [1.165, 1.54) is 0 Å². The SMILES string of the molecule is CC1(C)CN(Cl)Cc2ncccc2O1. The molecule has 0 aliphatic carbocycles. The van der Waals surface area contributed by atoms with Crippen LogP contribution in [-0.4, -0.2) is 21.5 Å². The highest BCUT2D eigenvalue weighted by atomic mass is 35.5. The van der Waals surface area contributed by atoms with E-state index in [0.717, 1.165) is 11.4 Å². The second kappa shape index (κ2) is 3.41. The van der Waals surface area contributed by atoms with Crippen molar-refractivity contribution in [2.24, 2.45) is 0 Å². The number of rotatable bonds is 0. The molecule has 0 radical (unpaired) electrons. The Morgan fingerprint density at radius 3 is 3.14 bits per heavy atom. The van der Waals surface area contributed by atoms with Crippen molar-refractivity contribution in [3.63, 3.8) is 0 Å². The fourth-order valence-electron chi connectivity index (χ4n) is 1.60. The predicted molar refractivity (Wildman–Crippen MR) is 55.2 cm³/mol. The van der Waals surface area contributed by atoms with E-state index >= 15 is 0 Å². The smallest absolute Gasteiger partial charge is 0.143 e. The number of aromatic nitrogens is 1. The van der Waals surface area contributed by atoms with Crippen LogP contribution in [0.3, 0.4) is 0 Å². The lowest BCUT2D eigenvalue weighted by Crippen LogP contribution is -2.36. The molecule has 1 aliphatic heterocycles. The molecule has 14 heavy (non-hydrogen) atoms. The van der Waals surface area contributed by atoms with Crippen LogP contribution < -0.4 is 4.74 Å². The number of pyridine rings is 1. The zero-order chi connectivity index (χ0) is 10.2. The van der Waals surface area contributed by atoms with Gasteiger partial charge >= 0.3 is 0 Å². The molecule has 1 aromatic heterocycles. The topological polar surface area (TPSA) is 25.4 Å². The lowest BCUT2D eigenvalue weighted by Gasteiger charge is -2.25. The highest BCUT2D eigenvalue weighted by molar-refractivity contribution is 6.13. The van der Waals surface area contributed by atoms with Gasteiger partial charge in [0, 0.05) is 6.20 Å². The van der Waals surface area contributed by atoms with Crippen LogP contribution in [0.2, 0.25) is 0 Å². The number of ether oxygens (including phenoxy) is 1. The molecule has 0 aromatic carbocycles. The molecular weight excluding hydrogens is 200 g/mol. The third-order valence-corrected chi connectivity index (χ3v) is 2.35. The average Bonchev–Trinajstić information content (AvgIpc) is 2.16. The summed E-state index contributed by atoms with van der Waals surface area (Å²) < 4.78 is 7.53. The molecule has 0 saturated carbocycles. The molecule has 0 fully saturated rings. The molecule has 0 N–H and O–H groups in total. The van der Waals surface area contributed by atoms with Gasteiger partial charge in [-0.3, -0.25) is 4.98 Å². The lowest BCUT2D eigenvalue weighted by atomic mass is 10.1. The Bertz CT molecular complexity index is 341. The van der Waals surface area contributed by atoms with Crippen molar-refractivity contribution < 1.29 is 4.74 Å². The molecule has 0 amide bonds. The number of nitrogens with zero attached hydrogens (tertiary/aromatic N) is 2. The van der Waals surface area contributed by atoms with Crippen LogP contribution in [0.4, 0.5) is 0 Å². The van der Waals surface area contributed by atoms with Gasteiger partial charge in [0.25, 0.3) is 0 Å². The second-order valence-corrected chi connectivity index (χ2v) is 4.57.